The SMILES string of the molecule is CCOC(=O)C/C(C)=N/Nc1oc(/C=C/c2ccccc2)nc1P(=O)(OC)OC. The number of hydrogen-bond acceptors (Lipinski definition) is 9. The number of rotatable bonds is 10. The number of hydrazone groups is 1. The molecule has 29 heavy (non-hydrogen) atoms. The first-order chi connectivity index (χ1) is 13.9. The molecule has 2 rings (SSSR count). The van der Waals surface area contributed by atoms with E-state index in [2.05, 4.69) is 15.5 Å². The fourth-order valence-corrected chi connectivity index (χ4v) is 3.30. The summed E-state index contributed by atoms with van der Waals surface area (Å²) >= 11 is 0. The maximum absolute atomic E-state index is 12.8. The molecule has 0 aliphatic rings. The van der Waals surface area contributed by atoms with Gasteiger partial charge in [0.1, 0.15) is 0 Å². The van der Waals surface area contributed by atoms with Crippen molar-refractivity contribution in [1.29, 1.82) is 0 Å². The molecule has 0 unspecified atom stereocenters. The van der Waals surface area contributed by atoms with Crippen molar-refractivity contribution in [3.63, 3.8) is 0 Å². The van der Waals surface area contributed by atoms with Gasteiger partial charge in [-0.3, -0.25) is 9.36 Å². The van der Waals surface area contributed by atoms with Gasteiger partial charge in [0, 0.05) is 26.0 Å². The molecule has 9 nitrogen and oxygen atoms in total. The zero-order chi connectivity index (χ0) is 21.3. The summed E-state index contributed by atoms with van der Waals surface area (Å²) in [6, 6.07) is 9.54. The van der Waals surface area contributed by atoms with Crippen LogP contribution in [0.25, 0.3) is 12.2 Å². The number of carbonyl (C=O) groups excluding carboxylic acids is 1. The van der Waals surface area contributed by atoms with Crippen LogP contribution in [0.3, 0.4) is 0 Å². The molecule has 0 spiro atoms. The van der Waals surface area contributed by atoms with Crippen molar-refractivity contribution in [2.45, 2.75) is 20.3 Å². The number of anilines is 1. The number of nitrogens with zero attached hydrogens (tertiary/aromatic N) is 2. The summed E-state index contributed by atoms with van der Waals surface area (Å²) in [5.41, 5.74) is 3.96. The van der Waals surface area contributed by atoms with Gasteiger partial charge in [0.25, 0.3) is 0 Å². The predicted octanol–water partition coefficient (Wildman–Crippen LogP) is 3.70. The summed E-state index contributed by atoms with van der Waals surface area (Å²) in [6.45, 7) is 3.65. The van der Waals surface area contributed by atoms with E-state index in [-0.39, 0.29) is 30.2 Å². The summed E-state index contributed by atoms with van der Waals surface area (Å²) in [4.78, 5) is 15.8. The molecule has 0 saturated heterocycles. The van der Waals surface area contributed by atoms with Crippen LogP contribution in [-0.4, -0.2) is 37.5 Å². The highest BCUT2D eigenvalue weighted by atomic mass is 31.2. The molecule has 0 radical (unpaired) electrons. The minimum atomic E-state index is -3.71. The lowest BCUT2D eigenvalue weighted by atomic mass is 10.2. The molecule has 0 saturated carbocycles. The van der Waals surface area contributed by atoms with Crippen molar-refractivity contribution >= 4 is 42.7 Å². The van der Waals surface area contributed by atoms with Gasteiger partial charge in [-0.1, -0.05) is 30.3 Å². The largest absolute Gasteiger partial charge is 0.466 e. The van der Waals surface area contributed by atoms with Crippen molar-refractivity contribution < 1.29 is 27.6 Å². The van der Waals surface area contributed by atoms with Crippen LogP contribution in [0.4, 0.5) is 5.88 Å². The molecule has 0 bridgehead atoms. The zero-order valence-corrected chi connectivity index (χ0v) is 17.6. The summed E-state index contributed by atoms with van der Waals surface area (Å²) in [5, 5.41) is 4.07. The fraction of sp³-hybridized carbons (Fsp3) is 0.316. The number of carbonyl (C=O) groups is 1. The molecular weight excluding hydrogens is 397 g/mol. The summed E-state index contributed by atoms with van der Waals surface area (Å²) in [6.07, 6.45) is 3.41. The second-order valence-corrected chi connectivity index (χ2v) is 7.90. The Morgan fingerprint density at radius 1 is 1.24 bits per heavy atom. The Morgan fingerprint density at radius 3 is 2.55 bits per heavy atom. The van der Waals surface area contributed by atoms with Crippen molar-refractivity contribution in [3.8, 4) is 0 Å². The van der Waals surface area contributed by atoms with Crippen LogP contribution in [0.2, 0.25) is 0 Å². The molecular formula is C19H24N3O6P. The molecule has 0 atom stereocenters. The summed E-state index contributed by atoms with van der Waals surface area (Å²) in [7, 11) is -1.21. The number of esters is 1. The third-order valence-electron chi connectivity index (χ3n) is 3.64. The first-order valence-corrected chi connectivity index (χ1v) is 10.4. The highest BCUT2D eigenvalue weighted by Gasteiger charge is 2.33. The van der Waals surface area contributed by atoms with Crippen molar-refractivity contribution in [2.24, 2.45) is 5.10 Å². The van der Waals surface area contributed by atoms with Crippen LogP contribution in [0.5, 0.6) is 0 Å². The molecule has 0 amide bonds. The molecule has 1 aromatic carbocycles. The molecule has 1 aromatic heterocycles. The number of aromatic nitrogens is 1. The third-order valence-corrected chi connectivity index (χ3v) is 5.42. The Morgan fingerprint density at radius 2 is 1.93 bits per heavy atom. The number of oxazole rings is 1. The van der Waals surface area contributed by atoms with Crippen molar-refractivity contribution in [2.75, 3.05) is 26.3 Å². The van der Waals surface area contributed by atoms with Crippen LogP contribution in [0, 0.1) is 0 Å². The van der Waals surface area contributed by atoms with E-state index in [9.17, 15) is 9.36 Å². The Kier molecular flexibility index (Phi) is 8.33. The summed E-state index contributed by atoms with van der Waals surface area (Å²) < 4.78 is 33.4. The average Bonchev–Trinajstić information content (AvgIpc) is 3.15. The predicted molar refractivity (Wildman–Crippen MR) is 111 cm³/mol. The molecule has 0 fully saturated rings. The standard InChI is InChI=1S/C19H24N3O6P/c1-5-27-17(23)13-14(2)21-22-18-19(29(24,25-3)26-4)20-16(28-18)12-11-15-9-7-6-8-10-15/h6-12,22H,5,13H2,1-4H3/b12-11+,21-14+. The van der Waals surface area contributed by atoms with Gasteiger partial charge in [-0.15, -0.1) is 0 Å². The van der Waals surface area contributed by atoms with E-state index < -0.39 is 13.6 Å². The lowest BCUT2D eigenvalue weighted by Crippen LogP contribution is -2.14. The highest BCUT2D eigenvalue weighted by molar-refractivity contribution is 7.62. The second-order valence-electron chi connectivity index (χ2n) is 5.75. The maximum atomic E-state index is 12.8. The van der Waals surface area contributed by atoms with Gasteiger partial charge in [0.05, 0.1) is 13.0 Å². The molecule has 2 aromatic rings. The third kappa shape index (κ3) is 6.39. The highest BCUT2D eigenvalue weighted by Crippen LogP contribution is 2.47. The second kappa shape index (κ2) is 10.7. The van der Waals surface area contributed by atoms with Crippen molar-refractivity contribution in [3.05, 3.63) is 41.8 Å². The van der Waals surface area contributed by atoms with E-state index in [4.69, 9.17) is 18.2 Å². The monoisotopic (exact) mass is 421 g/mol. The molecule has 1 N–H and O–H groups in total. The van der Waals surface area contributed by atoms with Crippen LogP contribution in [0.15, 0.2) is 39.9 Å². The van der Waals surface area contributed by atoms with Crippen molar-refractivity contribution in [1.82, 2.24) is 4.98 Å². The van der Waals surface area contributed by atoms with Crippen LogP contribution in [-0.2, 0) is 23.1 Å². The Bertz CT molecular complexity index is 915. The first-order valence-electron chi connectivity index (χ1n) is 8.82. The van der Waals surface area contributed by atoms with E-state index in [0.29, 0.717) is 5.71 Å². The lowest BCUT2D eigenvalue weighted by Gasteiger charge is -2.11. The quantitative estimate of drug-likeness (QED) is 0.267. The van der Waals surface area contributed by atoms with Crippen LogP contribution >= 0.6 is 7.60 Å². The first kappa shape index (κ1) is 22.5. The van der Waals surface area contributed by atoms with Gasteiger partial charge < -0.3 is 18.2 Å². The van der Waals surface area contributed by atoms with Gasteiger partial charge in [0.15, 0.2) is 0 Å². The normalized spacial score (nSPS) is 12.3. The number of benzene rings is 1. The van der Waals surface area contributed by atoms with Gasteiger partial charge >= 0.3 is 13.6 Å². The zero-order valence-electron chi connectivity index (χ0n) is 16.7. The number of hydrogen-bond donors (Lipinski definition) is 1. The average molecular weight is 421 g/mol. The Balaban J connectivity index is 2.29. The minimum Gasteiger partial charge on any atom is -0.466 e. The van der Waals surface area contributed by atoms with Gasteiger partial charge in [-0.25, -0.2) is 5.43 Å². The van der Waals surface area contributed by atoms with Crippen LogP contribution < -0.4 is 10.9 Å². The molecule has 156 valence electrons. The van der Waals surface area contributed by atoms with E-state index >= 15 is 0 Å². The fourth-order valence-electron chi connectivity index (χ4n) is 2.24. The van der Waals surface area contributed by atoms with E-state index in [1.54, 1.807) is 26.0 Å². The van der Waals surface area contributed by atoms with Gasteiger partial charge in [0.2, 0.25) is 17.2 Å². The molecule has 0 aliphatic heterocycles. The summed E-state index contributed by atoms with van der Waals surface area (Å²) in [5.74, 6) is -0.230. The maximum Gasteiger partial charge on any atom is 0.384 e. The van der Waals surface area contributed by atoms with E-state index in [1.807, 2.05) is 30.3 Å². The van der Waals surface area contributed by atoms with E-state index in [1.165, 1.54) is 14.2 Å². The minimum absolute atomic E-state index is 0.00268. The topological polar surface area (TPSA) is 112 Å². The molecule has 1 heterocycles. The van der Waals surface area contributed by atoms with Gasteiger partial charge in [-0.2, -0.15) is 10.1 Å². The Labute approximate surface area is 169 Å². The molecule has 10 heteroatoms. The number of ether oxygens (including phenoxy) is 1. The number of nitrogens with one attached hydrogen (secondary N) is 1. The van der Waals surface area contributed by atoms with E-state index in [0.717, 1.165) is 5.56 Å². The smallest absolute Gasteiger partial charge is 0.384 e. The van der Waals surface area contributed by atoms with Crippen LogP contribution in [0.1, 0.15) is 31.7 Å². The Hall–Kier alpha value is -2.74. The molecule has 0 aliphatic carbocycles. The lowest BCUT2D eigenvalue weighted by molar-refractivity contribution is -0.141. The van der Waals surface area contributed by atoms with Gasteiger partial charge in [-0.05, 0) is 25.5 Å².